The van der Waals surface area contributed by atoms with Gasteiger partial charge in [-0.05, 0) is 42.3 Å². The van der Waals surface area contributed by atoms with Crippen molar-refractivity contribution in [2.75, 3.05) is 27.8 Å². The second-order valence-corrected chi connectivity index (χ2v) is 6.02. The minimum absolute atomic E-state index is 0. The third kappa shape index (κ3) is 7.45. The molecule has 0 aliphatic rings. The Bertz CT molecular complexity index is 827. The normalized spacial score (nSPS) is 10.6. The molecule has 0 aliphatic heterocycles. The van der Waals surface area contributed by atoms with E-state index in [1.165, 1.54) is 0 Å². The number of carbonyl (C=O) groups excluding carboxylic acids is 1. The summed E-state index contributed by atoms with van der Waals surface area (Å²) in [5.74, 6) is 1.98. The first-order valence-electron chi connectivity index (χ1n) is 9.15. The van der Waals surface area contributed by atoms with Gasteiger partial charge in [0.15, 0.2) is 17.5 Å². The van der Waals surface area contributed by atoms with Crippen LogP contribution >= 0.6 is 24.0 Å². The van der Waals surface area contributed by atoms with Crippen LogP contribution < -0.4 is 25.4 Å². The molecule has 0 spiro atoms. The van der Waals surface area contributed by atoms with E-state index in [9.17, 15) is 4.79 Å². The fourth-order valence-corrected chi connectivity index (χ4v) is 2.64. The summed E-state index contributed by atoms with van der Waals surface area (Å²) in [5, 5.41) is 9.17. The highest BCUT2D eigenvalue weighted by molar-refractivity contribution is 14.0. The molecule has 2 aromatic carbocycles. The highest BCUT2D eigenvalue weighted by Crippen LogP contribution is 2.27. The van der Waals surface area contributed by atoms with E-state index in [2.05, 4.69) is 20.9 Å². The van der Waals surface area contributed by atoms with Crippen molar-refractivity contribution in [1.29, 1.82) is 0 Å². The van der Waals surface area contributed by atoms with Gasteiger partial charge in [0.2, 0.25) is 0 Å². The quantitative estimate of drug-likeness (QED) is 0.288. The van der Waals surface area contributed by atoms with Crippen LogP contribution in [0.15, 0.2) is 47.5 Å². The van der Waals surface area contributed by atoms with E-state index >= 15 is 0 Å². The number of benzene rings is 2. The number of nitrogens with one attached hydrogen (secondary N) is 3. The van der Waals surface area contributed by atoms with Gasteiger partial charge in [-0.25, -0.2) is 4.99 Å². The van der Waals surface area contributed by atoms with E-state index in [0.29, 0.717) is 36.1 Å². The lowest BCUT2D eigenvalue weighted by Crippen LogP contribution is -2.36. The molecule has 7 nitrogen and oxygen atoms in total. The molecule has 0 unspecified atom stereocenters. The average Bonchev–Trinajstić information content (AvgIpc) is 2.74. The highest BCUT2D eigenvalue weighted by atomic mass is 127. The molecule has 0 heterocycles. The Morgan fingerprint density at radius 3 is 2.41 bits per heavy atom. The highest BCUT2D eigenvalue weighted by Gasteiger charge is 2.06. The van der Waals surface area contributed by atoms with Crippen molar-refractivity contribution in [2.24, 2.45) is 4.99 Å². The summed E-state index contributed by atoms with van der Waals surface area (Å²) >= 11 is 0. The molecule has 3 N–H and O–H groups in total. The number of hydrogen-bond acceptors (Lipinski definition) is 4. The minimum Gasteiger partial charge on any atom is -0.493 e. The summed E-state index contributed by atoms with van der Waals surface area (Å²) in [6, 6.07) is 13.2. The molecular weight excluding hydrogens is 483 g/mol. The van der Waals surface area contributed by atoms with E-state index in [-0.39, 0.29) is 29.9 Å². The molecule has 29 heavy (non-hydrogen) atoms. The van der Waals surface area contributed by atoms with Crippen LogP contribution in [0, 0.1) is 0 Å². The molecule has 0 radical (unpaired) electrons. The van der Waals surface area contributed by atoms with Gasteiger partial charge in [0.25, 0.3) is 5.91 Å². The van der Waals surface area contributed by atoms with Crippen LogP contribution in [0.5, 0.6) is 11.5 Å². The summed E-state index contributed by atoms with van der Waals surface area (Å²) < 4.78 is 10.6. The maximum Gasteiger partial charge on any atom is 0.251 e. The van der Waals surface area contributed by atoms with Crippen molar-refractivity contribution >= 4 is 35.8 Å². The monoisotopic (exact) mass is 512 g/mol. The van der Waals surface area contributed by atoms with Gasteiger partial charge >= 0.3 is 0 Å². The second kappa shape index (κ2) is 12.9. The Morgan fingerprint density at radius 2 is 1.76 bits per heavy atom. The standard InChI is InChI=1S/C21H28N4O3.HI/c1-5-23-21(24-13-15-7-6-8-17(11-15)20(26)22-2)25-14-16-9-10-18(27-3)19(12-16)28-4;/h6-12H,5,13-14H2,1-4H3,(H,22,26)(H2,23,24,25);1H. The molecule has 0 saturated carbocycles. The molecule has 2 aromatic rings. The van der Waals surface area contributed by atoms with Crippen LogP contribution in [-0.4, -0.2) is 39.7 Å². The minimum atomic E-state index is -0.107. The van der Waals surface area contributed by atoms with Crippen molar-refractivity contribution in [3.8, 4) is 11.5 Å². The van der Waals surface area contributed by atoms with Crippen LogP contribution in [0.25, 0.3) is 0 Å². The third-order valence-electron chi connectivity index (χ3n) is 4.09. The Kier molecular flexibility index (Phi) is 10.9. The molecule has 0 aromatic heterocycles. The van der Waals surface area contributed by atoms with Gasteiger partial charge in [0, 0.05) is 25.7 Å². The number of halogens is 1. The lowest BCUT2D eigenvalue weighted by molar-refractivity contribution is 0.0963. The van der Waals surface area contributed by atoms with Crippen LogP contribution in [-0.2, 0) is 13.1 Å². The Hall–Kier alpha value is -2.49. The molecular formula is C21H29IN4O3. The summed E-state index contributed by atoms with van der Waals surface area (Å²) in [7, 11) is 4.85. The lowest BCUT2D eigenvalue weighted by atomic mass is 10.1. The molecule has 0 atom stereocenters. The number of guanidine groups is 1. The predicted molar refractivity (Wildman–Crippen MR) is 126 cm³/mol. The molecule has 158 valence electrons. The molecule has 0 saturated heterocycles. The number of hydrogen-bond donors (Lipinski definition) is 3. The molecule has 0 bridgehead atoms. The van der Waals surface area contributed by atoms with Gasteiger partial charge in [-0.15, -0.1) is 24.0 Å². The fraction of sp³-hybridized carbons (Fsp3) is 0.333. The van der Waals surface area contributed by atoms with Gasteiger partial charge < -0.3 is 25.4 Å². The predicted octanol–water partition coefficient (Wildman–Crippen LogP) is 2.94. The number of rotatable bonds is 8. The van der Waals surface area contributed by atoms with Crippen LogP contribution in [0.1, 0.15) is 28.4 Å². The van der Waals surface area contributed by atoms with Gasteiger partial charge in [-0.2, -0.15) is 0 Å². The summed E-state index contributed by atoms with van der Waals surface area (Å²) in [6.07, 6.45) is 0. The summed E-state index contributed by atoms with van der Waals surface area (Å²) in [5.41, 5.74) is 2.63. The van der Waals surface area contributed by atoms with E-state index in [1.54, 1.807) is 27.3 Å². The van der Waals surface area contributed by atoms with E-state index < -0.39 is 0 Å². The zero-order valence-electron chi connectivity index (χ0n) is 17.2. The van der Waals surface area contributed by atoms with E-state index in [1.807, 2.05) is 43.3 Å². The van der Waals surface area contributed by atoms with E-state index in [0.717, 1.165) is 17.7 Å². The molecule has 0 fully saturated rings. The van der Waals surface area contributed by atoms with Crippen LogP contribution in [0.3, 0.4) is 0 Å². The maximum absolute atomic E-state index is 11.8. The van der Waals surface area contributed by atoms with E-state index in [4.69, 9.17) is 9.47 Å². The Morgan fingerprint density at radius 1 is 1.00 bits per heavy atom. The summed E-state index contributed by atoms with van der Waals surface area (Å²) in [6.45, 7) is 3.81. The van der Waals surface area contributed by atoms with Crippen LogP contribution in [0.2, 0.25) is 0 Å². The van der Waals surface area contributed by atoms with Gasteiger partial charge in [-0.1, -0.05) is 18.2 Å². The number of methoxy groups -OCH3 is 2. The number of aliphatic imine (C=N–C) groups is 1. The first-order valence-corrected chi connectivity index (χ1v) is 9.15. The largest absolute Gasteiger partial charge is 0.493 e. The topological polar surface area (TPSA) is 84.0 Å². The zero-order valence-corrected chi connectivity index (χ0v) is 19.6. The van der Waals surface area contributed by atoms with Crippen molar-refractivity contribution in [2.45, 2.75) is 20.0 Å². The molecule has 8 heteroatoms. The molecule has 1 amide bonds. The van der Waals surface area contributed by atoms with Crippen molar-refractivity contribution in [3.05, 3.63) is 59.2 Å². The van der Waals surface area contributed by atoms with Crippen LogP contribution in [0.4, 0.5) is 0 Å². The zero-order chi connectivity index (χ0) is 20.4. The molecule has 0 aliphatic carbocycles. The third-order valence-corrected chi connectivity index (χ3v) is 4.09. The summed E-state index contributed by atoms with van der Waals surface area (Å²) in [4.78, 5) is 16.4. The smallest absolute Gasteiger partial charge is 0.251 e. The first kappa shape index (κ1) is 24.5. The fourth-order valence-electron chi connectivity index (χ4n) is 2.64. The maximum atomic E-state index is 11.8. The second-order valence-electron chi connectivity index (χ2n) is 6.02. The number of nitrogens with zero attached hydrogens (tertiary/aromatic N) is 1. The lowest BCUT2D eigenvalue weighted by Gasteiger charge is -2.13. The molecule has 2 rings (SSSR count). The van der Waals surface area contributed by atoms with Gasteiger partial charge in [0.1, 0.15) is 0 Å². The number of carbonyl (C=O) groups is 1. The van der Waals surface area contributed by atoms with Gasteiger partial charge in [0.05, 0.1) is 20.8 Å². The average molecular weight is 512 g/mol. The van der Waals surface area contributed by atoms with Crippen molar-refractivity contribution < 1.29 is 14.3 Å². The Balaban J connectivity index is 0.00000420. The SMILES string of the molecule is CCNC(=NCc1cccc(C(=O)NC)c1)NCc1ccc(OC)c(OC)c1.I. The number of amides is 1. The van der Waals surface area contributed by atoms with Gasteiger partial charge in [-0.3, -0.25) is 4.79 Å². The number of ether oxygens (including phenoxy) is 2. The first-order chi connectivity index (χ1) is 13.6. The van der Waals surface area contributed by atoms with Crippen molar-refractivity contribution in [3.63, 3.8) is 0 Å². The Labute approximate surface area is 189 Å². The van der Waals surface area contributed by atoms with Crippen molar-refractivity contribution in [1.82, 2.24) is 16.0 Å².